The van der Waals surface area contributed by atoms with E-state index in [-0.39, 0.29) is 23.7 Å². The minimum Gasteiger partial charge on any atom is -0.343 e. The number of carbonyl (C=O) groups is 2. The predicted octanol–water partition coefficient (Wildman–Crippen LogP) is 2.79. The first kappa shape index (κ1) is 16.6. The summed E-state index contributed by atoms with van der Waals surface area (Å²) >= 11 is 5.85. The largest absolute Gasteiger partial charge is 0.343 e. The summed E-state index contributed by atoms with van der Waals surface area (Å²) < 4.78 is 0. The molecule has 1 saturated heterocycles. The van der Waals surface area contributed by atoms with Gasteiger partial charge in [-0.25, -0.2) is 0 Å². The summed E-state index contributed by atoms with van der Waals surface area (Å²) in [6.07, 6.45) is 8.97. The van der Waals surface area contributed by atoms with E-state index in [2.05, 4.69) is 4.90 Å². The maximum absolute atomic E-state index is 12.4. The summed E-state index contributed by atoms with van der Waals surface area (Å²) in [4.78, 5) is 27.7. The maximum atomic E-state index is 12.4. The second-order valence-corrected chi connectivity index (χ2v) is 6.58. The van der Waals surface area contributed by atoms with Gasteiger partial charge in [0.2, 0.25) is 11.8 Å². The van der Waals surface area contributed by atoms with Gasteiger partial charge < -0.3 is 9.80 Å². The lowest BCUT2D eigenvalue weighted by Gasteiger charge is -2.42. The summed E-state index contributed by atoms with van der Waals surface area (Å²) in [6.45, 7) is 3.14. The van der Waals surface area contributed by atoms with E-state index < -0.39 is 0 Å². The van der Waals surface area contributed by atoms with Gasteiger partial charge >= 0.3 is 0 Å². The van der Waals surface area contributed by atoms with Crippen LogP contribution in [0.1, 0.15) is 58.3 Å². The van der Waals surface area contributed by atoms with E-state index in [1.54, 1.807) is 6.92 Å². The molecule has 1 saturated carbocycles. The second-order valence-electron chi connectivity index (χ2n) is 6.32. The number of nitrogens with zero attached hydrogens (tertiary/aromatic N) is 2. The Bertz CT molecular complexity index is 359. The molecule has 1 aliphatic carbocycles. The van der Waals surface area contributed by atoms with Crippen molar-refractivity contribution in [3.05, 3.63) is 0 Å². The van der Waals surface area contributed by atoms with Crippen molar-refractivity contribution in [2.75, 3.05) is 19.0 Å². The van der Waals surface area contributed by atoms with Gasteiger partial charge in [-0.1, -0.05) is 25.7 Å². The van der Waals surface area contributed by atoms with E-state index in [9.17, 15) is 9.59 Å². The van der Waals surface area contributed by atoms with Gasteiger partial charge in [0.25, 0.3) is 0 Å². The molecule has 0 N–H and O–H groups in total. The fourth-order valence-corrected chi connectivity index (χ4v) is 3.91. The predicted molar refractivity (Wildman–Crippen MR) is 84.3 cm³/mol. The Morgan fingerprint density at radius 1 is 1.00 bits per heavy atom. The number of rotatable bonds is 3. The van der Waals surface area contributed by atoms with Crippen molar-refractivity contribution in [2.24, 2.45) is 0 Å². The fraction of sp³-hybridized carbons (Fsp3) is 0.875. The Labute approximate surface area is 132 Å². The van der Waals surface area contributed by atoms with Crippen molar-refractivity contribution < 1.29 is 9.59 Å². The molecule has 4 nitrogen and oxygen atoms in total. The van der Waals surface area contributed by atoms with Gasteiger partial charge in [0.15, 0.2) is 0 Å². The number of hydrogen-bond acceptors (Lipinski definition) is 2. The molecule has 0 aromatic rings. The fourth-order valence-electron chi connectivity index (χ4n) is 3.77. The van der Waals surface area contributed by atoms with Crippen molar-refractivity contribution in [3.63, 3.8) is 0 Å². The summed E-state index contributed by atoms with van der Waals surface area (Å²) in [5.74, 6) is 0.284. The zero-order chi connectivity index (χ0) is 15.2. The minimum atomic E-state index is 0.0728. The van der Waals surface area contributed by atoms with Gasteiger partial charge in [0.1, 0.15) is 5.88 Å². The van der Waals surface area contributed by atoms with Crippen LogP contribution in [0.5, 0.6) is 0 Å². The lowest BCUT2D eigenvalue weighted by molar-refractivity contribution is -0.136. The number of likely N-dealkylation sites (tertiary alicyclic amines) is 1. The van der Waals surface area contributed by atoms with Crippen LogP contribution in [0.3, 0.4) is 0 Å². The average Bonchev–Trinajstić information content (AvgIpc) is 2.77. The van der Waals surface area contributed by atoms with Crippen LogP contribution in [0.2, 0.25) is 0 Å². The Morgan fingerprint density at radius 3 is 2.00 bits per heavy atom. The van der Waals surface area contributed by atoms with Crippen LogP contribution in [0, 0.1) is 0 Å². The number of halogens is 1. The number of piperidine rings is 1. The Kier molecular flexibility index (Phi) is 6.34. The zero-order valence-corrected chi connectivity index (χ0v) is 13.8. The van der Waals surface area contributed by atoms with E-state index in [0.29, 0.717) is 6.04 Å². The number of hydrogen-bond donors (Lipinski definition) is 0. The van der Waals surface area contributed by atoms with Crippen LogP contribution in [0.4, 0.5) is 0 Å². The van der Waals surface area contributed by atoms with E-state index in [4.69, 9.17) is 11.6 Å². The van der Waals surface area contributed by atoms with E-state index in [1.165, 1.54) is 25.7 Å². The number of carbonyl (C=O) groups excluding carboxylic acids is 2. The van der Waals surface area contributed by atoms with Crippen molar-refractivity contribution in [2.45, 2.75) is 70.4 Å². The highest BCUT2D eigenvalue weighted by molar-refractivity contribution is 6.27. The van der Waals surface area contributed by atoms with Gasteiger partial charge in [-0.05, 0) is 25.7 Å². The molecule has 0 atom stereocenters. The molecule has 0 radical (unpaired) electrons. The third-order valence-electron chi connectivity index (χ3n) is 4.92. The first-order chi connectivity index (χ1) is 10.1. The Balaban J connectivity index is 2.02. The third-order valence-corrected chi connectivity index (χ3v) is 5.15. The van der Waals surface area contributed by atoms with Crippen LogP contribution in [-0.4, -0.2) is 52.7 Å². The minimum absolute atomic E-state index is 0.0728. The first-order valence-corrected chi connectivity index (χ1v) is 8.79. The van der Waals surface area contributed by atoms with Crippen molar-refractivity contribution in [1.82, 2.24) is 9.80 Å². The number of alkyl halides is 1. The molecular formula is C16H27ClN2O2. The average molecular weight is 315 g/mol. The Morgan fingerprint density at radius 2 is 1.52 bits per heavy atom. The quantitative estimate of drug-likeness (QED) is 0.593. The molecule has 2 fully saturated rings. The molecule has 5 heteroatoms. The monoisotopic (exact) mass is 314 g/mol. The van der Waals surface area contributed by atoms with Crippen LogP contribution in [-0.2, 0) is 9.59 Å². The molecule has 21 heavy (non-hydrogen) atoms. The van der Waals surface area contributed by atoms with E-state index in [0.717, 1.165) is 38.8 Å². The van der Waals surface area contributed by atoms with Crippen molar-refractivity contribution >= 4 is 23.4 Å². The molecule has 1 aliphatic heterocycles. The van der Waals surface area contributed by atoms with E-state index in [1.807, 2.05) is 4.90 Å². The maximum Gasteiger partial charge on any atom is 0.237 e. The molecular weight excluding hydrogens is 288 g/mol. The van der Waals surface area contributed by atoms with Gasteiger partial charge in [-0.3, -0.25) is 9.59 Å². The zero-order valence-electron chi connectivity index (χ0n) is 13.0. The molecule has 120 valence electrons. The summed E-state index contributed by atoms with van der Waals surface area (Å²) in [7, 11) is 0. The summed E-state index contributed by atoms with van der Waals surface area (Å²) in [6, 6.07) is 0.613. The topological polar surface area (TPSA) is 40.6 Å². The highest BCUT2D eigenvalue weighted by Gasteiger charge is 2.33. The van der Waals surface area contributed by atoms with Gasteiger partial charge in [0.05, 0.1) is 0 Å². The molecule has 0 spiro atoms. The molecule has 0 aromatic carbocycles. The first-order valence-electron chi connectivity index (χ1n) is 8.26. The van der Waals surface area contributed by atoms with Gasteiger partial charge in [-0.15, -0.1) is 11.6 Å². The molecule has 2 aliphatic rings. The van der Waals surface area contributed by atoms with Crippen LogP contribution in [0.25, 0.3) is 0 Å². The normalized spacial score (nSPS) is 21.9. The van der Waals surface area contributed by atoms with Crippen LogP contribution < -0.4 is 0 Å². The van der Waals surface area contributed by atoms with Gasteiger partial charge in [-0.2, -0.15) is 0 Å². The third kappa shape index (κ3) is 4.35. The summed E-state index contributed by atoms with van der Waals surface area (Å²) in [5, 5.41) is 0. The van der Waals surface area contributed by atoms with Crippen molar-refractivity contribution in [3.8, 4) is 0 Å². The lowest BCUT2D eigenvalue weighted by Crippen LogP contribution is -2.52. The molecule has 1 heterocycles. The highest BCUT2D eigenvalue weighted by Crippen LogP contribution is 2.27. The number of amides is 2. The van der Waals surface area contributed by atoms with Gasteiger partial charge in [0, 0.05) is 32.1 Å². The lowest BCUT2D eigenvalue weighted by atomic mass is 9.98. The van der Waals surface area contributed by atoms with E-state index >= 15 is 0 Å². The van der Waals surface area contributed by atoms with Crippen molar-refractivity contribution in [1.29, 1.82) is 0 Å². The van der Waals surface area contributed by atoms with Crippen LogP contribution >= 0.6 is 11.6 Å². The SMILES string of the molecule is CC(=O)N1CCC(N(C(=O)CCl)C2CCCCCC2)CC1. The Hall–Kier alpha value is -0.770. The molecule has 2 amide bonds. The van der Waals surface area contributed by atoms with Crippen LogP contribution in [0.15, 0.2) is 0 Å². The smallest absolute Gasteiger partial charge is 0.237 e. The highest BCUT2D eigenvalue weighted by atomic mass is 35.5. The molecule has 0 unspecified atom stereocenters. The molecule has 0 bridgehead atoms. The summed E-state index contributed by atoms with van der Waals surface area (Å²) in [5.41, 5.74) is 0. The standard InChI is InChI=1S/C16H27ClN2O2/c1-13(20)18-10-8-15(9-11-18)19(16(21)12-17)14-6-4-2-3-5-7-14/h14-15H,2-12H2,1H3. The second kappa shape index (κ2) is 8.02. The molecule has 0 aromatic heterocycles. The molecule has 2 rings (SSSR count).